The van der Waals surface area contributed by atoms with Crippen LogP contribution in [0.25, 0.3) is 0 Å². The SMILES string of the molecule is O=C(CN1C(=O)[C@H]2CCCC[C@@H]2C1=O)Nc1cccc(S(=O)(=O)C2CCCC2)c1. The van der Waals surface area contributed by atoms with Gasteiger partial charge in [0.1, 0.15) is 6.54 Å². The lowest BCUT2D eigenvalue weighted by atomic mass is 9.81. The van der Waals surface area contributed by atoms with Gasteiger partial charge in [0.25, 0.3) is 0 Å². The lowest BCUT2D eigenvalue weighted by Crippen LogP contribution is -2.38. The van der Waals surface area contributed by atoms with Gasteiger partial charge in [-0.3, -0.25) is 19.3 Å². The highest BCUT2D eigenvalue weighted by molar-refractivity contribution is 7.92. The van der Waals surface area contributed by atoms with E-state index in [0.29, 0.717) is 31.4 Å². The minimum atomic E-state index is -3.42. The largest absolute Gasteiger partial charge is 0.324 e. The summed E-state index contributed by atoms with van der Waals surface area (Å²) >= 11 is 0. The van der Waals surface area contributed by atoms with Crippen molar-refractivity contribution in [1.82, 2.24) is 4.90 Å². The van der Waals surface area contributed by atoms with Crippen molar-refractivity contribution in [3.63, 3.8) is 0 Å². The molecule has 3 fully saturated rings. The van der Waals surface area contributed by atoms with Crippen molar-refractivity contribution in [2.24, 2.45) is 11.8 Å². The van der Waals surface area contributed by atoms with Crippen molar-refractivity contribution in [3.8, 4) is 0 Å². The first kappa shape index (κ1) is 20.1. The summed E-state index contributed by atoms with van der Waals surface area (Å²) < 4.78 is 25.5. The number of hydrogen-bond donors (Lipinski definition) is 1. The number of hydrogen-bond acceptors (Lipinski definition) is 5. The molecule has 1 aromatic rings. The van der Waals surface area contributed by atoms with Crippen molar-refractivity contribution in [1.29, 1.82) is 0 Å². The summed E-state index contributed by atoms with van der Waals surface area (Å²) in [7, 11) is -3.42. The van der Waals surface area contributed by atoms with Crippen LogP contribution >= 0.6 is 0 Å². The molecule has 8 heteroatoms. The van der Waals surface area contributed by atoms with E-state index in [1.165, 1.54) is 6.07 Å². The number of likely N-dealkylation sites (tertiary alicyclic amines) is 1. The monoisotopic (exact) mass is 418 g/mol. The second-order valence-corrected chi connectivity index (χ2v) is 10.5. The Balaban J connectivity index is 1.44. The van der Waals surface area contributed by atoms with E-state index in [0.717, 1.165) is 30.6 Å². The van der Waals surface area contributed by atoms with Gasteiger partial charge < -0.3 is 5.32 Å². The normalized spacial score (nSPS) is 25.3. The standard InChI is InChI=1S/C21H26N2O5S/c24-19(13-23-20(25)17-10-3-4-11-18(17)21(23)26)22-14-6-5-9-16(12-14)29(27,28)15-7-1-2-8-15/h5-6,9,12,15,17-18H,1-4,7-8,10-11,13H2,(H,22,24)/t17-,18-/m0/s1. The van der Waals surface area contributed by atoms with Crippen LogP contribution in [0.2, 0.25) is 0 Å². The predicted molar refractivity (Wildman–Crippen MR) is 107 cm³/mol. The van der Waals surface area contributed by atoms with Crippen LogP contribution < -0.4 is 5.32 Å². The van der Waals surface area contributed by atoms with Crippen LogP contribution in [0.1, 0.15) is 51.4 Å². The summed E-state index contributed by atoms with van der Waals surface area (Å²) in [6.45, 7) is -0.329. The van der Waals surface area contributed by atoms with Gasteiger partial charge in [-0.25, -0.2) is 8.42 Å². The Morgan fingerprint density at radius 2 is 1.55 bits per heavy atom. The summed E-state index contributed by atoms with van der Waals surface area (Å²) in [4.78, 5) is 38.8. The van der Waals surface area contributed by atoms with Crippen molar-refractivity contribution >= 4 is 33.2 Å². The molecule has 1 aromatic carbocycles. The number of anilines is 1. The number of nitrogens with zero attached hydrogens (tertiary/aromatic N) is 1. The summed E-state index contributed by atoms with van der Waals surface area (Å²) in [5.41, 5.74) is 0.352. The highest BCUT2D eigenvalue weighted by atomic mass is 32.2. The number of carbonyl (C=O) groups is 3. The lowest BCUT2D eigenvalue weighted by Gasteiger charge is -2.19. The number of nitrogens with one attached hydrogen (secondary N) is 1. The quantitative estimate of drug-likeness (QED) is 0.741. The maximum atomic E-state index is 12.8. The van der Waals surface area contributed by atoms with E-state index in [1.807, 2.05) is 0 Å². The second-order valence-electron chi connectivity index (χ2n) is 8.29. The number of rotatable bonds is 5. The third-order valence-corrected chi connectivity index (χ3v) is 8.68. The number of amides is 3. The first-order valence-corrected chi connectivity index (χ1v) is 11.9. The highest BCUT2D eigenvalue weighted by Gasteiger charge is 2.48. The predicted octanol–water partition coefficient (Wildman–Crippen LogP) is 2.52. The van der Waals surface area contributed by atoms with Gasteiger partial charge in [-0.15, -0.1) is 0 Å². The molecular weight excluding hydrogens is 392 g/mol. The molecule has 0 spiro atoms. The van der Waals surface area contributed by atoms with Gasteiger partial charge in [0, 0.05) is 5.69 Å². The average Bonchev–Trinajstić information content (AvgIpc) is 3.33. The zero-order valence-electron chi connectivity index (χ0n) is 16.3. The molecule has 2 saturated carbocycles. The molecule has 1 aliphatic heterocycles. The minimum absolute atomic E-state index is 0.196. The van der Waals surface area contributed by atoms with Crippen molar-refractivity contribution in [2.75, 3.05) is 11.9 Å². The first-order valence-electron chi connectivity index (χ1n) is 10.4. The third kappa shape index (κ3) is 3.82. The topological polar surface area (TPSA) is 101 Å². The van der Waals surface area contributed by atoms with Crippen LogP contribution in [0.3, 0.4) is 0 Å². The number of carbonyl (C=O) groups excluding carboxylic acids is 3. The Morgan fingerprint density at radius 3 is 2.17 bits per heavy atom. The van der Waals surface area contributed by atoms with E-state index >= 15 is 0 Å². The fourth-order valence-electron chi connectivity index (χ4n) is 4.87. The zero-order valence-corrected chi connectivity index (χ0v) is 17.1. The molecule has 1 saturated heterocycles. The molecule has 1 heterocycles. The van der Waals surface area contributed by atoms with Gasteiger partial charge >= 0.3 is 0 Å². The summed E-state index contributed by atoms with van der Waals surface area (Å²) in [5.74, 6) is -1.59. The van der Waals surface area contributed by atoms with E-state index in [9.17, 15) is 22.8 Å². The molecule has 2 aliphatic carbocycles. The molecule has 0 aromatic heterocycles. The molecule has 1 N–H and O–H groups in total. The van der Waals surface area contributed by atoms with Gasteiger partial charge in [-0.2, -0.15) is 0 Å². The molecule has 3 amide bonds. The van der Waals surface area contributed by atoms with Crippen LogP contribution in [0.4, 0.5) is 5.69 Å². The summed E-state index contributed by atoms with van der Waals surface area (Å²) in [6.07, 6.45) is 6.44. The van der Waals surface area contributed by atoms with Crippen LogP contribution in [0.5, 0.6) is 0 Å². The highest BCUT2D eigenvalue weighted by Crippen LogP contribution is 2.38. The summed E-state index contributed by atoms with van der Waals surface area (Å²) in [6, 6.07) is 6.21. The Bertz CT molecular complexity index is 912. The minimum Gasteiger partial charge on any atom is -0.324 e. The van der Waals surface area contributed by atoms with E-state index in [4.69, 9.17) is 0 Å². The fraction of sp³-hybridized carbons (Fsp3) is 0.571. The van der Waals surface area contributed by atoms with E-state index in [1.54, 1.807) is 18.2 Å². The number of sulfone groups is 1. The van der Waals surface area contributed by atoms with Crippen molar-refractivity contribution in [2.45, 2.75) is 61.5 Å². The van der Waals surface area contributed by atoms with Crippen LogP contribution in [0, 0.1) is 11.8 Å². The smallest absolute Gasteiger partial charge is 0.244 e. The molecule has 7 nitrogen and oxygen atoms in total. The average molecular weight is 419 g/mol. The number of fused-ring (bicyclic) bond motifs is 1. The molecule has 4 rings (SSSR count). The molecule has 0 unspecified atom stereocenters. The Kier molecular flexibility index (Phi) is 5.46. The molecular formula is C21H26N2O5S. The van der Waals surface area contributed by atoms with Gasteiger partial charge in [-0.1, -0.05) is 31.7 Å². The Morgan fingerprint density at radius 1 is 0.966 bits per heavy atom. The maximum Gasteiger partial charge on any atom is 0.244 e. The Labute approximate surface area is 170 Å². The molecule has 0 bridgehead atoms. The van der Waals surface area contributed by atoms with Gasteiger partial charge in [-0.05, 0) is 43.9 Å². The molecule has 156 valence electrons. The summed E-state index contributed by atoms with van der Waals surface area (Å²) in [5, 5.41) is 2.28. The zero-order chi connectivity index (χ0) is 20.6. The molecule has 2 atom stereocenters. The van der Waals surface area contributed by atoms with E-state index < -0.39 is 15.7 Å². The first-order chi connectivity index (χ1) is 13.9. The fourth-order valence-corrected chi connectivity index (χ4v) is 6.77. The van der Waals surface area contributed by atoms with Gasteiger partial charge in [0.05, 0.1) is 22.0 Å². The Hall–Kier alpha value is -2.22. The van der Waals surface area contributed by atoms with Crippen LogP contribution in [0.15, 0.2) is 29.2 Å². The lowest BCUT2D eigenvalue weighted by molar-refractivity contribution is -0.142. The molecule has 0 radical (unpaired) electrons. The van der Waals surface area contributed by atoms with Crippen LogP contribution in [-0.2, 0) is 24.2 Å². The van der Waals surface area contributed by atoms with Crippen molar-refractivity contribution in [3.05, 3.63) is 24.3 Å². The van der Waals surface area contributed by atoms with E-state index in [-0.39, 0.29) is 40.3 Å². The molecule has 3 aliphatic rings. The third-order valence-electron chi connectivity index (χ3n) is 6.42. The number of imide groups is 1. The van der Waals surface area contributed by atoms with Gasteiger partial charge in [0.15, 0.2) is 9.84 Å². The van der Waals surface area contributed by atoms with Crippen LogP contribution in [-0.4, -0.2) is 42.8 Å². The van der Waals surface area contributed by atoms with Crippen molar-refractivity contribution < 1.29 is 22.8 Å². The maximum absolute atomic E-state index is 12.8. The number of benzene rings is 1. The van der Waals surface area contributed by atoms with Gasteiger partial charge in [0.2, 0.25) is 17.7 Å². The van der Waals surface area contributed by atoms with E-state index in [2.05, 4.69) is 5.32 Å². The molecule has 29 heavy (non-hydrogen) atoms. The second kappa shape index (κ2) is 7.89.